The van der Waals surface area contributed by atoms with Crippen molar-refractivity contribution >= 4 is 32.7 Å². The quantitative estimate of drug-likeness (QED) is 0.339. The smallest absolute Gasteiger partial charge is 0.335 e. The van der Waals surface area contributed by atoms with Gasteiger partial charge < -0.3 is 14.7 Å². The molecule has 0 bridgehead atoms. The highest BCUT2D eigenvalue weighted by Gasteiger charge is 2.21. The molecule has 0 amide bonds. The number of benzene rings is 3. The van der Waals surface area contributed by atoms with E-state index in [0.29, 0.717) is 28.3 Å². The maximum absolute atomic E-state index is 13.7. The van der Waals surface area contributed by atoms with Gasteiger partial charge in [-0.25, -0.2) is 18.6 Å². The highest BCUT2D eigenvalue weighted by Crippen LogP contribution is 2.35. The summed E-state index contributed by atoms with van der Waals surface area (Å²) in [4.78, 5) is 17.8. The van der Waals surface area contributed by atoms with Crippen molar-refractivity contribution in [2.24, 2.45) is 0 Å². The number of aromatic carboxylic acids is 1. The minimum Gasteiger partial charge on any atom is -0.497 e. The second-order valence-electron chi connectivity index (χ2n) is 7.63. The summed E-state index contributed by atoms with van der Waals surface area (Å²) in [5, 5.41) is 9.82. The predicted molar refractivity (Wildman–Crippen MR) is 125 cm³/mol. The van der Waals surface area contributed by atoms with Crippen molar-refractivity contribution in [3.8, 4) is 5.75 Å². The molecule has 170 valence electrons. The van der Waals surface area contributed by atoms with E-state index in [9.17, 15) is 18.7 Å². The van der Waals surface area contributed by atoms with E-state index in [2.05, 4.69) is 9.88 Å². The summed E-state index contributed by atoms with van der Waals surface area (Å²) < 4.78 is 33.3. The molecule has 0 saturated heterocycles. The number of ether oxygens (including phenoxy) is 1. The van der Waals surface area contributed by atoms with Gasteiger partial charge in [0.2, 0.25) is 0 Å². The van der Waals surface area contributed by atoms with Gasteiger partial charge in [-0.15, -0.1) is 0 Å². The first-order valence-electron chi connectivity index (χ1n) is 10.3. The van der Waals surface area contributed by atoms with Gasteiger partial charge in [0.1, 0.15) is 5.75 Å². The van der Waals surface area contributed by atoms with Crippen molar-refractivity contribution in [3.63, 3.8) is 0 Å². The highest BCUT2D eigenvalue weighted by molar-refractivity contribution is 7.22. The molecule has 0 aliphatic heterocycles. The second-order valence-corrected chi connectivity index (χ2v) is 8.63. The fourth-order valence-corrected chi connectivity index (χ4v) is 4.69. The van der Waals surface area contributed by atoms with Gasteiger partial charge in [-0.05, 0) is 54.8 Å². The zero-order valence-electron chi connectivity index (χ0n) is 18.1. The SMILES string of the molecule is COc1ccc(CCN(c2nc3cc(F)c(F)cc3s2)C(C)c2ccc(C(=O)O)cc2)cc1. The fraction of sp³-hybridized carbons (Fsp3) is 0.200. The number of methoxy groups -OCH3 is 1. The maximum atomic E-state index is 13.7. The van der Waals surface area contributed by atoms with Crippen LogP contribution in [-0.2, 0) is 6.42 Å². The molecule has 1 aromatic heterocycles. The Kier molecular flexibility index (Phi) is 6.55. The van der Waals surface area contributed by atoms with Crippen LogP contribution in [0.5, 0.6) is 5.75 Å². The van der Waals surface area contributed by atoms with E-state index in [-0.39, 0.29) is 11.6 Å². The van der Waals surface area contributed by atoms with Crippen molar-refractivity contribution in [2.45, 2.75) is 19.4 Å². The highest BCUT2D eigenvalue weighted by atomic mass is 32.1. The Morgan fingerprint density at radius 2 is 1.76 bits per heavy atom. The molecule has 3 aromatic carbocycles. The van der Waals surface area contributed by atoms with E-state index in [1.165, 1.54) is 17.4 Å². The summed E-state index contributed by atoms with van der Waals surface area (Å²) in [6, 6.07) is 16.6. The number of rotatable bonds is 8. The fourth-order valence-electron chi connectivity index (χ4n) is 3.62. The van der Waals surface area contributed by atoms with Crippen LogP contribution in [0.4, 0.5) is 13.9 Å². The minimum atomic E-state index is -0.985. The maximum Gasteiger partial charge on any atom is 0.335 e. The Balaban J connectivity index is 1.66. The van der Waals surface area contributed by atoms with Crippen LogP contribution in [0.2, 0.25) is 0 Å². The van der Waals surface area contributed by atoms with Gasteiger partial charge in [-0.3, -0.25) is 0 Å². The minimum absolute atomic E-state index is 0.152. The molecule has 4 aromatic rings. The van der Waals surface area contributed by atoms with Crippen LogP contribution in [-0.4, -0.2) is 29.7 Å². The van der Waals surface area contributed by atoms with Crippen LogP contribution in [0, 0.1) is 11.6 Å². The van der Waals surface area contributed by atoms with Crippen LogP contribution < -0.4 is 9.64 Å². The molecule has 5 nitrogen and oxygen atoms in total. The van der Waals surface area contributed by atoms with Crippen molar-refractivity contribution in [1.29, 1.82) is 0 Å². The molecule has 0 radical (unpaired) electrons. The summed E-state index contributed by atoms with van der Waals surface area (Å²) in [6.45, 7) is 2.59. The molecule has 4 rings (SSSR count). The summed E-state index contributed by atoms with van der Waals surface area (Å²) in [5.74, 6) is -2.04. The molecule has 33 heavy (non-hydrogen) atoms. The largest absolute Gasteiger partial charge is 0.497 e. The molecule has 0 aliphatic rings. The second kappa shape index (κ2) is 9.54. The van der Waals surface area contributed by atoms with Crippen molar-refractivity contribution in [1.82, 2.24) is 4.98 Å². The number of carboxylic acid groups (broad SMARTS) is 1. The molecule has 0 spiro atoms. The number of halogens is 2. The first-order chi connectivity index (χ1) is 15.9. The number of anilines is 1. The Morgan fingerprint density at radius 1 is 1.09 bits per heavy atom. The van der Waals surface area contributed by atoms with Gasteiger partial charge >= 0.3 is 5.97 Å². The lowest BCUT2D eigenvalue weighted by Crippen LogP contribution is -2.29. The zero-order valence-corrected chi connectivity index (χ0v) is 18.9. The molecule has 0 aliphatic carbocycles. The lowest BCUT2D eigenvalue weighted by molar-refractivity contribution is 0.0697. The normalized spacial score (nSPS) is 12.0. The monoisotopic (exact) mass is 468 g/mol. The first-order valence-corrected chi connectivity index (χ1v) is 11.2. The number of fused-ring (bicyclic) bond motifs is 1. The lowest BCUT2D eigenvalue weighted by Gasteiger charge is -2.29. The molecular formula is C25H22F2N2O3S. The van der Waals surface area contributed by atoms with E-state index in [1.54, 1.807) is 31.4 Å². The number of hydrogen-bond acceptors (Lipinski definition) is 5. The lowest BCUT2D eigenvalue weighted by atomic mass is 10.0. The van der Waals surface area contributed by atoms with Crippen LogP contribution in [0.25, 0.3) is 10.2 Å². The third-order valence-corrected chi connectivity index (χ3v) is 6.63. The van der Waals surface area contributed by atoms with Crippen molar-refractivity contribution in [3.05, 3.63) is 89.0 Å². The predicted octanol–water partition coefficient (Wildman–Crippen LogP) is 6.09. The number of carboxylic acids is 1. The molecule has 1 N–H and O–H groups in total. The third kappa shape index (κ3) is 4.96. The van der Waals surface area contributed by atoms with Gasteiger partial charge in [0.15, 0.2) is 16.8 Å². The van der Waals surface area contributed by atoms with Crippen molar-refractivity contribution < 1.29 is 23.4 Å². The number of carbonyl (C=O) groups is 1. The van der Waals surface area contributed by atoms with Crippen LogP contribution in [0.15, 0.2) is 60.7 Å². The van der Waals surface area contributed by atoms with E-state index < -0.39 is 17.6 Å². The summed E-state index contributed by atoms with van der Waals surface area (Å²) in [5.41, 5.74) is 2.62. The summed E-state index contributed by atoms with van der Waals surface area (Å²) in [7, 11) is 1.62. The Hall–Kier alpha value is -3.52. The van der Waals surface area contributed by atoms with Gasteiger partial charge in [0, 0.05) is 12.6 Å². The van der Waals surface area contributed by atoms with Gasteiger partial charge in [0.25, 0.3) is 0 Å². The number of hydrogen-bond donors (Lipinski definition) is 1. The average Bonchev–Trinajstić information content (AvgIpc) is 3.22. The number of thiazole rings is 1. The Labute approximate surface area is 193 Å². The number of aromatic nitrogens is 1. The van der Waals surface area contributed by atoms with Crippen LogP contribution >= 0.6 is 11.3 Å². The average molecular weight is 469 g/mol. The van der Waals surface area contributed by atoms with E-state index >= 15 is 0 Å². The Morgan fingerprint density at radius 3 is 2.39 bits per heavy atom. The number of nitrogens with zero attached hydrogens (tertiary/aromatic N) is 2. The van der Waals surface area contributed by atoms with Gasteiger partial charge in [-0.1, -0.05) is 35.6 Å². The summed E-state index contributed by atoms with van der Waals surface area (Å²) >= 11 is 1.29. The molecule has 8 heteroatoms. The first kappa shape index (κ1) is 22.7. The van der Waals surface area contributed by atoms with E-state index in [1.807, 2.05) is 31.2 Å². The van der Waals surface area contributed by atoms with Crippen molar-refractivity contribution in [2.75, 3.05) is 18.6 Å². The van der Waals surface area contributed by atoms with E-state index in [4.69, 9.17) is 4.74 Å². The topological polar surface area (TPSA) is 62.7 Å². The van der Waals surface area contributed by atoms with Crippen LogP contribution in [0.3, 0.4) is 0 Å². The third-order valence-electron chi connectivity index (χ3n) is 5.57. The standard InChI is InChI=1S/C25H22F2N2O3S/c1-15(17-5-7-18(8-6-17)24(30)31)29(12-11-16-3-9-19(32-2)10-4-16)25-28-22-13-20(26)21(27)14-23(22)33-25/h3-10,13-15H,11-12H2,1-2H3,(H,30,31). The summed E-state index contributed by atoms with van der Waals surface area (Å²) in [6.07, 6.45) is 0.709. The molecular weight excluding hydrogens is 446 g/mol. The zero-order chi connectivity index (χ0) is 23.5. The molecule has 0 fully saturated rings. The van der Waals surface area contributed by atoms with Gasteiger partial charge in [0.05, 0.1) is 28.9 Å². The Bertz CT molecular complexity index is 1230. The molecule has 1 unspecified atom stereocenters. The van der Waals surface area contributed by atoms with E-state index in [0.717, 1.165) is 22.9 Å². The van der Waals surface area contributed by atoms with Gasteiger partial charge in [-0.2, -0.15) is 0 Å². The molecule has 1 atom stereocenters. The molecule has 1 heterocycles. The van der Waals surface area contributed by atoms with Crippen LogP contribution in [0.1, 0.15) is 34.5 Å². The molecule has 0 saturated carbocycles.